The molecule has 3 aromatic rings. The molecule has 0 nitrogen and oxygen atoms in total. The second kappa shape index (κ2) is 8.47. The zero-order chi connectivity index (χ0) is 19.4. The molecule has 0 saturated heterocycles. The molecule has 0 aromatic heterocycles. The molecule has 0 aliphatic heterocycles. The van der Waals surface area contributed by atoms with Crippen molar-refractivity contribution >= 4 is 0 Å². The summed E-state index contributed by atoms with van der Waals surface area (Å²) in [5.74, 6) is -0.609. The predicted octanol–water partition coefficient (Wildman–Crippen LogP) is 7.65. The van der Waals surface area contributed by atoms with Crippen molar-refractivity contribution in [2.75, 3.05) is 0 Å². The van der Waals surface area contributed by atoms with Crippen molar-refractivity contribution in [3.8, 4) is 22.3 Å². The minimum atomic E-state index is -0.330. The number of aryl methyl sites for hydroxylation is 2. The summed E-state index contributed by atoms with van der Waals surface area (Å²) in [5.41, 5.74) is 5.18. The molecule has 0 aliphatic carbocycles. The van der Waals surface area contributed by atoms with Crippen LogP contribution in [0.5, 0.6) is 0 Å². The van der Waals surface area contributed by atoms with Crippen molar-refractivity contribution in [1.82, 2.24) is 0 Å². The van der Waals surface area contributed by atoms with Gasteiger partial charge in [0, 0.05) is 11.1 Å². The fourth-order valence-corrected chi connectivity index (χ4v) is 3.35. The van der Waals surface area contributed by atoms with E-state index in [1.165, 1.54) is 30.9 Å². The molecule has 0 aliphatic rings. The van der Waals surface area contributed by atoms with Crippen molar-refractivity contribution in [3.05, 3.63) is 82.9 Å². The van der Waals surface area contributed by atoms with Gasteiger partial charge in [-0.1, -0.05) is 68.3 Å². The van der Waals surface area contributed by atoms with Gasteiger partial charge < -0.3 is 0 Å². The Labute approximate surface area is 160 Å². The highest BCUT2D eigenvalue weighted by molar-refractivity contribution is 5.72. The lowest BCUT2D eigenvalue weighted by molar-refractivity contribution is 0.618. The van der Waals surface area contributed by atoms with E-state index in [9.17, 15) is 8.78 Å². The van der Waals surface area contributed by atoms with E-state index in [2.05, 4.69) is 19.1 Å². The van der Waals surface area contributed by atoms with Crippen LogP contribution in [0.2, 0.25) is 0 Å². The SMILES string of the molecule is CCCCCc1ccc(-c2ccc(-c3ccc(C)c(C)c3F)cc2F)cc1. The number of halogens is 2. The first kappa shape index (κ1) is 19.3. The van der Waals surface area contributed by atoms with Gasteiger partial charge in [0.1, 0.15) is 11.6 Å². The van der Waals surface area contributed by atoms with E-state index in [1.807, 2.05) is 25.1 Å². The fourth-order valence-electron chi connectivity index (χ4n) is 3.35. The molecule has 2 heteroatoms. The van der Waals surface area contributed by atoms with Crippen LogP contribution in [0.15, 0.2) is 54.6 Å². The van der Waals surface area contributed by atoms with E-state index in [0.717, 1.165) is 17.5 Å². The highest BCUT2D eigenvalue weighted by atomic mass is 19.1. The number of hydrogen-bond acceptors (Lipinski definition) is 0. The van der Waals surface area contributed by atoms with E-state index >= 15 is 0 Å². The third kappa shape index (κ3) is 4.27. The summed E-state index contributed by atoms with van der Waals surface area (Å²) in [5, 5.41) is 0. The van der Waals surface area contributed by atoms with Gasteiger partial charge in [0.2, 0.25) is 0 Å². The quantitative estimate of drug-likeness (QED) is 0.394. The lowest BCUT2D eigenvalue weighted by Gasteiger charge is -2.11. The standard InChI is InChI=1S/C25H26F2/c1-4-5-6-7-19-9-11-20(12-10-19)22-15-13-21(16-24(22)26)23-14-8-17(2)18(3)25(23)27/h8-16H,4-7H2,1-3H3. The van der Waals surface area contributed by atoms with Crippen molar-refractivity contribution < 1.29 is 8.78 Å². The summed E-state index contributed by atoms with van der Waals surface area (Å²) in [6.07, 6.45) is 4.67. The lowest BCUT2D eigenvalue weighted by atomic mass is 9.96. The van der Waals surface area contributed by atoms with Crippen LogP contribution in [0.4, 0.5) is 8.78 Å². The van der Waals surface area contributed by atoms with Gasteiger partial charge in [0.05, 0.1) is 0 Å². The van der Waals surface area contributed by atoms with E-state index in [0.29, 0.717) is 22.3 Å². The molecule has 0 spiro atoms. The first-order chi connectivity index (χ1) is 13.0. The van der Waals surface area contributed by atoms with E-state index in [1.54, 1.807) is 25.1 Å². The lowest BCUT2D eigenvalue weighted by Crippen LogP contribution is -1.93. The number of unbranched alkanes of at least 4 members (excludes halogenated alkanes) is 2. The molecule has 0 N–H and O–H groups in total. The van der Waals surface area contributed by atoms with Crippen molar-refractivity contribution in [2.45, 2.75) is 46.5 Å². The molecular weight excluding hydrogens is 338 g/mol. The first-order valence-electron chi connectivity index (χ1n) is 9.66. The molecule has 0 atom stereocenters. The third-order valence-electron chi connectivity index (χ3n) is 5.27. The van der Waals surface area contributed by atoms with Crippen molar-refractivity contribution in [2.24, 2.45) is 0 Å². The summed E-state index contributed by atoms with van der Waals surface area (Å²) in [7, 11) is 0. The maximum atomic E-state index is 14.8. The molecule has 140 valence electrons. The topological polar surface area (TPSA) is 0 Å². The summed E-state index contributed by atoms with van der Waals surface area (Å²) in [4.78, 5) is 0. The Hall–Kier alpha value is -2.48. The van der Waals surface area contributed by atoms with Crippen molar-refractivity contribution in [1.29, 1.82) is 0 Å². The van der Waals surface area contributed by atoms with Crippen LogP contribution in [0.25, 0.3) is 22.3 Å². The summed E-state index contributed by atoms with van der Waals surface area (Å²) in [6.45, 7) is 5.82. The molecule has 0 fully saturated rings. The van der Waals surface area contributed by atoms with Crippen LogP contribution in [0, 0.1) is 25.5 Å². The predicted molar refractivity (Wildman–Crippen MR) is 110 cm³/mol. The Morgan fingerprint density at radius 1 is 0.741 bits per heavy atom. The Balaban J connectivity index is 1.86. The van der Waals surface area contributed by atoms with Gasteiger partial charge in [-0.3, -0.25) is 0 Å². The summed E-state index contributed by atoms with van der Waals surface area (Å²) >= 11 is 0. The van der Waals surface area contributed by atoms with Crippen molar-refractivity contribution in [3.63, 3.8) is 0 Å². The van der Waals surface area contributed by atoms with E-state index in [4.69, 9.17) is 0 Å². The Bertz CT molecular complexity index is 924. The highest BCUT2D eigenvalue weighted by Gasteiger charge is 2.12. The minimum absolute atomic E-state index is 0.279. The van der Waals surface area contributed by atoms with Crippen LogP contribution < -0.4 is 0 Å². The molecule has 0 amide bonds. The maximum absolute atomic E-state index is 14.8. The molecule has 0 heterocycles. The summed E-state index contributed by atoms with van der Waals surface area (Å²) < 4.78 is 29.3. The third-order valence-corrected chi connectivity index (χ3v) is 5.27. The van der Waals surface area contributed by atoms with Gasteiger partial charge in [-0.05, 0) is 60.6 Å². The van der Waals surface area contributed by atoms with E-state index in [-0.39, 0.29) is 11.6 Å². The number of hydrogen-bond donors (Lipinski definition) is 0. The fraction of sp³-hybridized carbons (Fsp3) is 0.280. The van der Waals surface area contributed by atoms with Crippen LogP contribution in [0.1, 0.15) is 42.9 Å². The zero-order valence-electron chi connectivity index (χ0n) is 16.3. The average molecular weight is 364 g/mol. The first-order valence-corrected chi connectivity index (χ1v) is 9.66. The van der Waals surface area contributed by atoms with Gasteiger partial charge in [0.15, 0.2) is 0 Å². The molecule has 0 unspecified atom stereocenters. The van der Waals surface area contributed by atoms with Gasteiger partial charge >= 0.3 is 0 Å². The van der Waals surface area contributed by atoms with Gasteiger partial charge in [-0.15, -0.1) is 0 Å². The Kier molecular flexibility index (Phi) is 6.05. The molecule has 3 rings (SSSR count). The molecule has 0 bridgehead atoms. The Morgan fingerprint density at radius 3 is 2.07 bits per heavy atom. The monoisotopic (exact) mass is 364 g/mol. The van der Waals surface area contributed by atoms with Gasteiger partial charge in [0.25, 0.3) is 0 Å². The molecule has 0 saturated carbocycles. The normalized spacial score (nSPS) is 11.0. The second-order valence-electron chi connectivity index (χ2n) is 7.22. The van der Waals surface area contributed by atoms with Crippen LogP contribution in [-0.4, -0.2) is 0 Å². The second-order valence-corrected chi connectivity index (χ2v) is 7.22. The summed E-state index contributed by atoms with van der Waals surface area (Å²) in [6, 6.07) is 16.6. The molecule has 3 aromatic carbocycles. The van der Waals surface area contributed by atoms with Gasteiger partial charge in [-0.2, -0.15) is 0 Å². The molecule has 27 heavy (non-hydrogen) atoms. The molecule has 0 radical (unpaired) electrons. The van der Waals surface area contributed by atoms with Crippen LogP contribution >= 0.6 is 0 Å². The minimum Gasteiger partial charge on any atom is -0.206 e. The largest absolute Gasteiger partial charge is 0.206 e. The Morgan fingerprint density at radius 2 is 1.41 bits per heavy atom. The number of benzene rings is 3. The van der Waals surface area contributed by atoms with E-state index < -0.39 is 0 Å². The van der Waals surface area contributed by atoms with Gasteiger partial charge in [-0.25, -0.2) is 8.78 Å². The molecular formula is C25H26F2. The zero-order valence-corrected chi connectivity index (χ0v) is 16.3. The average Bonchev–Trinajstić information content (AvgIpc) is 2.67. The highest BCUT2D eigenvalue weighted by Crippen LogP contribution is 2.31. The van der Waals surface area contributed by atoms with Crippen LogP contribution in [0.3, 0.4) is 0 Å². The number of rotatable bonds is 6. The maximum Gasteiger partial charge on any atom is 0.134 e. The van der Waals surface area contributed by atoms with Crippen LogP contribution in [-0.2, 0) is 6.42 Å². The smallest absolute Gasteiger partial charge is 0.134 e.